The van der Waals surface area contributed by atoms with Crippen LogP contribution in [0.2, 0.25) is 0 Å². The summed E-state index contributed by atoms with van der Waals surface area (Å²) in [5.41, 5.74) is 7.28. The summed E-state index contributed by atoms with van der Waals surface area (Å²) in [7, 11) is 1.70. The van der Waals surface area contributed by atoms with Gasteiger partial charge in [0, 0.05) is 32.1 Å². The number of likely N-dealkylation sites (tertiary alicyclic amines) is 1. The maximum absolute atomic E-state index is 12.8. The number of hydrogen-bond acceptors (Lipinski definition) is 4. The predicted octanol–water partition coefficient (Wildman–Crippen LogP) is 0.786. The number of amides is 2. The highest BCUT2D eigenvalue weighted by Crippen LogP contribution is 2.33. The molecule has 0 aromatic heterocycles. The van der Waals surface area contributed by atoms with E-state index in [-0.39, 0.29) is 24.4 Å². The number of rotatable bonds is 7. The number of carbonyl (C=O) groups excluding carboxylic acids is 2. The predicted molar refractivity (Wildman–Crippen MR) is 102 cm³/mol. The van der Waals surface area contributed by atoms with Crippen LogP contribution in [0, 0.1) is 5.92 Å². The minimum atomic E-state index is -0.253. The molecular formula is C20H30N4O2. The van der Waals surface area contributed by atoms with Gasteiger partial charge in [0.1, 0.15) is 0 Å². The molecule has 1 aromatic carbocycles. The molecular weight excluding hydrogens is 328 g/mol. The number of carbonyl (C=O) groups is 2. The first kappa shape index (κ1) is 18.9. The molecule has 3 atom stereocenters. The van der Waals surface area contributed by atoms with Crippen LogP contribution in [0.15, 0.2) is 30.3 Å². The third-order valence-electron chi connectivity index (χ3n) is 5.60. The van der Waals surface area contributed by atoms with Crippen LogP contribution < -0.4 is 11.1 Å². The second-order valence-electron chi connectivity index (χ2n) is 7.68. The van der Waals surface area contributed by atoms with E-state index < -0.39 is 0 Å². The van der Waals surface area contributed by atoms with Crippen molar-refractivity contribution in [1.29, 1.82) is 0 Å². The molecule has 2 amide bonds. The fourth-order valence-electron chi connectivity index (χ4n) is 3.81. The zero-order valence-electron chi connectivity index (χ0n) is 15.7. The van der Waals surface area contributed by atoms with E-state index in [4.69, 9.17) is 5.73 Å². The fraction of sp³-hybridized carbons (Fsp3) is 0.600. The number of nitrogens with one attached hydrogen (secondary N) is 1. The van der Waals surface area contributed by atoms with Crippen molar-refractivity contribution < 1.29 is 9.59 Å². The van der Waals surface area contributed by atoms with Crippen LogP contribution in [-0.2, 0) is 9.59 Å². The monoisotopic (exact) mass is 358 g/mol. The lowest BCUT2D eigenvalue weighted by molar-refractivity contribution is -0.138. The van der Waals surface area contributed by atoms with Gasteiger partial charge >= 0.3 is 0 Å². The normalized spacial score (nSPS) is 24.3. The van der Waals surface area contributed by atoms with Crippen molar-refractivity contribution in [2.24, 2.45) is 11.7 Å². The van der Waals surface area contributed by atoms with Crippen LogP contribution in [0.1, 0.15) is 31.2 Å². The number of nitrogens with two attached hydrogens (primary N) is 1. The first-order chi connectivity index (χ1) is 12.5. The summed E-state index contributed by atoms with van der Waals surface area (Å²) in [4.78, 5) is 28.5. The quantitative estimate of drug-likeness (QED) is 0.755. The number of likely N-dealkylation sites (N-methyl/N-ethyl adjacent to an activating group) is 1. The average molecular weight is 358 g/mol. The van der Waals surface area contributed by atoms with Crippen LogP contribution in [-0.4, -0.2) is 66.9 Å². The molecule has 6 nitrogen and oxygen atoms in total. The molecule has 2 fully saturated rings. The number of hydrogen-bond donors (Lipinski definition) is 2. The van der Waals surface area contributed by atoms with Gasteiger partial charge < -0.3 is 16.0 Å². The molecule has 1 saturated heterocycles. The van der Waals surface area contributed by atoms with Crippen LogP contribution in [0.5, 0.6) is 0 Å². The van der Waals surface area contributed by atoms with Gasteiger partial charge in [0.15, 0.2) is 0 Å². The Balaban J connectivity index is 1.58. The molecule has 2 aliphatic rings. The van der Waals surface area contributed by atoms with E-state index >= 15 is 0 Å². The Morgan fingerprint density at radius 1 is 1.27 bits per heavy atom. The molecule has 1 aromatic rings. The molecule has 3 N–H and O–H groups in total. The van der Waals surface area contributed by atoms with E-state index in [1.54, 1.807) is 7.05 Å². The Morgan fingerprint density at radius 2 is 1.96 bits per heavy atom. The average Bonchev–Trinajstić information content (AvgIpc) is 3.35. The molecule has 142 valence electrons. The summed E-state index contributed by atoms with van der Waals surface area (Å²) in [5, 5.41) is 2.93. The van der Waals surface area contributed by atoms with Crippen molar-refractivity contribution in [3.8, 4) is 0 Å². The zero-order chi connectivity index (χ0) is 18.7. The first-order valence-corrected chi connectivity index (χ1v) is 9.53. The smallest absolute Gasteiger partial charge is 0.239 e. The maximum Gasteiger partial charge on any atom is 0.239 e. The summed E-state index contributed by atoms with van der Waals surface area (Å²) in [5.74, 6) is 0.607. The van der Waals surface area contributed by atoms with Gasteiger partial charge in [-0.25, -0.2) is 0 Å². The fourth-order valence-corrected chi connectivity index (χ4v) is 3.81. The molecule has 0 spiro atoms. The van der Waals surface area contributed by atoms with Crippen molar-refractivity contribution in [3.63, 3.8) is 0 Å². The molecule has 6 heteroatoms. The van der Waals surface area contributed by atoms with Gasteiger partial charge in [0.05, 0.1) is 12.6 Å². The molecule has 1 unspecified atom stereocenters. The number of nitrogens with zero attached hydrogens (tertiary/aromatic N) is 2. The zero-order valence-corrected chi connectivity index (χ0v) is 15.7. The molecule has 0 bridgehead atoms. The van der Waals surface area contributed by atoms with Gasteiger partial charge in [0.25, 0.3) is 0 Å². The molecule has 26 heavy (non-hydrogen) atoms. The number of benzene rings is 1. The molecule has 1 saturated carbocycles. The Hall–Kier alpha value is -1.92. The van der Waals surface area contributed by atoms with E-state index in [0.29, 0.717) is 24.4 Å². The van der Waals surface area contributed by atoms with Crippen LogP contribution in [0.4, 0.5) is 0 Å². The van der Waals surface area contributed by atoms with E-state index in [2.05, 4.69) is 22.3 Å². The lowest BCUT2D eigenvalue weighted by Gasteiger charge is -2.28. The third-order valence-corrected chi connectivity index (χ3v) is 5.60. The summed E-state index contributed by atoms with van der Waals surface area (Å²) >= 11 is 0. The second kappa shape index (κ2) is 8.18. The van der Waals surface area contributed by atoms with Gasteiger partial charge in [-0.05, 0) is 37.8 Å². The molecule has 1 heterocycles. The third kappa shape index (κ3) is 4.43. The van der Waals surface area contributed by atoms with Crippen LogP contribution >= 0.6 is 0 Å². The standard InChI is InChI=1S/C20H30N4O2/c1-14(20(26)23(2)13-19(25)22-17-8-9-17)24-11-16(10-21)18(12-24)15-6-4-3-5-7-15/h3-7,14,16-18H,8-13,21H2,1-2H3,(H,22,25)/t14?,16-,18+/m1/s1. The molecule has 1 aliphatic heterocycles. The minimum Gasteiger partial charge on any atom is -0.352 e. The van der Waals surface area contributed by atoms with Crippen LogP contribution in [0.3, 0.4) is 0 Å². The molecule has 1 aliphatic carbocycles. The summed E-state index contributed by atoms with van der Waals surface area (Å²) in [6.07, 6.45) is 2.10. The van der Waals surface area contributed by atoms with Gasteiger partial charge in [-0.15, -0.1) is 0 Å². The van der Waals surface area contributed by atoms with Crippen molar-refractivity contribution in [1.82, 2.24) is 15.1 Å². The summed E-state index contributed by atoms with van der Waals surface area (Å²) in [6, 6.07) is 10.4. The van der Waals surface area contributed by atoms with E-state index in [9.17, 15) is 9.59 Å². The SMILES string of the molecule is CC(C(=O)N(C)CC(=O)NC1CC1)N1C[C@@H](CN)[C@H](c2ccccc2)C1. The Kier molecular flexibility index (Phi) is 5.94. The van der Waals surface area contributed by atoms with Gasteiger partial charge in [-0.2, -0.15) is 0 Å². The molecule has 3 rings (SSSR count). The highest BCUT2D eigenvalue weighted by Gasteiger charge is 2.37. The Labute approximate surface area is 155 Å². The second-order valence-corrected chi connectivity index (χ2v) is 7.68. The Bertz CT molecular complexity index is 632. The van der Waals surface area contributed by atoms with E-state index in [0.717, 1.165) is 25.9 Å². The van der Waals surface area contributed by atoms with Gasteiger partial charge in [-0.3, -0.25) is 14.5 Å². The highest BCUT2D eigenvalue weighted by atomic mass is 16.2. The topological polar surface area (TPSA) is 78.7 Å². The molecule has 0 radical (unpaired) electrons. The van der Waals surface area contributed by atoms with Gasteiger partial charge in [0.2, 0.25) is 11.8 Å². The summed E-state index contributed by atoms with van der Waals surface area (Å²) in [6.45, 7) is 4.29. The van der Waals surface area contributed by atoms with Crippen molar-refractivity contribution in [2.45, 2.75) is 37.8 Å². The van der Waals surface area contributed by atoms with Crippen molar-refractivity contribution in [3.05, 3.63) is 35.9 Å². The maximum atomic E-state index is 12.8. The van der Waals surface area contributed by atoms with Gasteiger partial charge in [-0.1, -0.05) is 30.3 Å². The van der Waals surface area contributed by atoms with Crippen molar-refractivity contribution >= 4 is 11.8 Å². The van der Waals surface area contributed by atoms with E-state index in [1.807, 2.05) is 25.1 Å². The lowest BCUT2D eigenvalue weighted by atomic mass is 9.89. The first-order valence-electron chi connectivity index (χ1n) is 9.53. The van der Waals surface area contributed by atoms with E-state index in [1.165, 1.54) is 10.5 Å². The lowest BCUT2D eigenvalue weighted by Crippen LogP contribution is -2.48. The summed E-state index contributed by atoms with van der Waals surface area (Å²) < 4.78 is 0. The van der Waals surface area contributed by atoms with Crippen LogP contribution in [0.25, 0.3) is 0 Å². The largest absolute Gasteiger partial charge is 0.352 e. The van der Waals surface area contributed by atoms with Crippen molar-refractivity contribution in [2.75, 3.05) is 33.2 Å². The minimum absolute atomic E-state index is 0.0135. The highest BCUT2D eigenvalue weighted by molar-refractivity contribution is 5.87. The Morgan fingerprint density at radius 3 is 2.58 bits per heavy atom.